The first kappa shape index (κ1) is 16.3. The average Bonchev–Trinajstić information content (AvgIpc) is 3.01. The summed E-state index contributed by atoms with van der Waals surface area (Å²) in [5, 5.41) is 12.9. The molecule has 2 N–H and O–H groups in total. The van der Waals surface area contributed by atoms with E-state index >= 15 is 0 Å². The van der Waals surface area contributed by atoms with Crippen LogP contribution in [0.2, 0.25) is 0 Å². The molecule has 0 radical (unpaired) electrons. The number of anilines is 1. The summed E-state index contributed by atoms with van der Waals surface area (Å²) in [6.07, 6.45) is 4.24. The number of pyridine rings is 1. The number of nitrogens with one attached hydrogen (secondary N) is 2. The van der Waals surface area contributed by atoms with Crippen molar-refractivity contribution in [2.24, 2.45) is 0 Å². The highest BCUT2D eigenvalue weighted by atomic mass is 32.1. The number of hydrogen-bond donors (Lipinski definition) is 2. The van der Waals surface area contributed by atoms with Crippen molar-refractivity contribution in [3.05, 3.63) is 51.3 Å². The molecule has 0 bridgehead atoms. The zero-order valence-electron chi connectivity index (χ0n) is 13.3. The lowest BCUT2D eigenvalue weighted by atomic mass is 10.1. The van der Waals surface area contributed by atoms with Crippen molar-refractivity contribution < 1.29 is 4.79 Å². The maximum Gasteiger partial charge on any atom is 0.258 e. The van der Waals surface area contributed by atoms with Gasteiger partial charge in [-0.05, 0) is 12.5 Å². The molecular formula is C17H18N4O2S. The maximum atomic E-state index is 12.5. The SMILES string of the molecule is CCCCCc1nnc(NC(=O)c2cc(=O)[nH]c3ccccc23)s1. The number of amides is 1. The predicted molar refractivity (Wildman–Crippen MR) is 95.7 cm³/mol. The molecule has 0 fully saturated rings. The van der Waals surface area contributed by atoms with E-state index in [1.54, 1.807) is 12.1 Å². The second-order valence-electron chi connectivity index (χ2n) is 5.51. The van der Waals surface area contributed by atoms with E-state index in [1.165, 1.54) is 17.4 Å². The number of aromatic nitrogens is 3. The van der Waals surface area contributed by atoms with E-state index in [4.69, 9.17) is 0 Å². The summed E-state index contributed by atoms with van der Waals surface area (Å²) in [5.74, 6) is -0.353. The van der Waals surface area contributed by atoms with Gasteiger partial charge in [-0.2, -0.15) is 0 Å². The van der Waals surface area contributed by atoms with Gasteiger partial charge >= 0.3 is 0 Å². The molecule has 0 saturated heterocycles. The number of hydrogen-bond acceptors (Lipinski definition) is 5. The highest BCUT2D eigenvalue weighted by Gasteiger charge is 2.14. The fourth-order valence-electron chi connectivity index (χ4n) is 2.49. The van der Waals surface area contributed by atoms with Gasteiger partial charge in [0.1, 0.15) is 5.01 Å². The summed E-state index contributed by atoms with van der Waals surface area (Å²) in [5.41, 5.74) is 0.654. The van der Waals surface area contributed by atoms with E-state index in [0.29, 0.717) is 21.6 Å². The van der Waals surface area contributed by atoms with E-state index in [-0.39, 0.29) is 11.5 Å². The van der Waals surface area contributed by atoms with Crippen LogP contribution in [0.15, 0.2) is 35.1 Å². The summed E-state index contributed by atoms with van der Waals surface area (Å²) < 4.78 is 0. The highest BCUT2D eigenvalue weighted by molar-refractivity contribution is 7.15. The number of fused-ring (bicyclic) bond motifs is 1. The van der Waals surface area contributed by atoms with Crippen LogP contribution in [0.5, 0.6) is 0 Å². The summed E-state index contributed by atoms with van der Waals surface area (Å²) in [6, 6.07) is 8.52. The number of H-pyrrole nitrogens is 1. The summed E-state index contributed by atoms with van der Waals surface area (Å²) >= 11 is 1.38. The predicted octanol–water partition coefficient (Wildman–Crippen LogP) is 3.36. The molecule has 3 aromatic rings. The Morgan fingerprint density at radius 3 is 2.92 bits per heavy atom. The van der Waals surface area contributed by atoms with Gasteiger partial charge in [0, 0.05) is 23.4 Å². The lowest BCUT2D eigenvalue weighted by molar-refractivity contribution is 0.102. The molecule has 24 heavy (non-hydrogen) atoms. The molecule has 0 aliphatic heterocycles. The van der Waals surface area contributed by atoms with Gasteiger partial charge in [0.25, 0.3) is 5.91 Å². The third-order valence-electron chi connectivity index (χ3n) is 3.68. The topological polar surface area (TPSA) is 87.7 Å². The van der Waals surface area contributed by atoms with E-state index in [9.17, 15) is 9.59 Å². The first-order valence-corrected chi connectivity index (χ1v) is 8.75. The first-order valence-electron chi connectivity index (χ1n) is 7.93. The zero-order chi connectivity index (χ0) is 16.9. The third kappa shape index (κ3) is 3.68. The van der Waals surface area contributed by atoms with Gasteiger partial charge in [0.05, 0.1) is 5.56 Å². The molecule has 0 aliphatic rings. The van der Waals surface area contributed by atoms with Crippen LogP contribution in [-0.2, 0) is 6.42 Å². The standard InChI is InChI=1S/C17H18N4O2S/c1-2-3-4-9-15-20-21-17(24-15)19-16(23)12-10-14(22)18-13-8-6-5-7-11(12)13/h5-8,10H,2-4,9H2,1H3,(H,18,22)(H,19,21,23). The Hall–Kier alpha value is -2.54. The molecule has 1 amide bonds. The van der Waals surface area contributed by atoms with E-state index < -0.39 is 0 Å². The molecule has 0 aliphatic carbocycles. The van der Waals surface area contributed by atoms with Gasteiger partial charge in [-0.15, -0.1) is 10.2 Å². The number of aromatic amines is 1. The summed E-state index contributed by atoms with van der Waals surface area (Å²) in [6.45, 7) is 2.15. The van der Waals surface area contributed by atoms with E-state index in [2.05, 4.69) is 27.4 Å². The third-order valence-corrected chi connectivity index (χ3v) is 4.58. The number of unbranched alkanes of at least 4 members (excludes halogenated alkanes) is 2. The first-order chi connectivity index (χ1) is 11.7. The quantitative estimate of drug-likeness (QED) is 0.672. The van der Waals surface area contributed by atoms with Crippen LogP contribution < -0.4 is 10.9 Å². The lowest BCUT2D eigenvalue weighted by Crippen LogP contribution is -2.16. The molecule has 0 atom stereocenters. The molecule has 6 nitrogen and oxygen atoms in total. The van der Waals surface area contributed by atoms with Gasteiger partial charge in [0.2, 0.25) is 10.7 Å². The number of aryl methyl sites for hydroxylation is 1. The van der Waals surface area contributed by atoms with Crippen LogP contribution in [0.4, 0.5) is 5.13 Å². The summed E-state index contributed by atoms with van der Waals surface area (Å²) in [4.78, 5) is 27.0. The van der Waals surface area contributed by atoms with Crippen molar-refractivity contribution >= 4 is 33.3 Å². The van der Waals surface area contributed by atoms with Crippen LogP contribution in [0.3, 0.4) is 0 Å². The molecular weight excluding hydrogens is 324 g/mol. The van der Waals surface area contributed by atoms with Gasteiger partial charge in [0.15, 0.2) is 0 Å². The minimum atomic E-state index is -0.353. The van der Waals surface area contributed by atoms with E-state index in [1.807, 2.05) is 12.1 Å². The van der Waals surface area contributed by atoms with Crippen LogP contribution >= 0.6 is 11.3 Å². The fraction of sp³-hybridized carbons (Fsp3) is 0.294. The van der Waals surface area contributed by atoms with Crippen molar-refractivity contribution in [2.45, 2.75) is 32.6 Å². The van der Waals surface area contributed by atoms with Crippen LogP contribution in [0.1, 0.15) is 41.6 Å². The van der Waals surface area contributed by atoms with Gasteiger partial charge in [-0.3, -0.25) is 14.9 Å². The van der Waals surface area contributed by atoms with E-state index in [0.717, 1.165) is 30.7 Å². The Bertz CT molecular complexity index is 916. The van der Waals surface area contributed by atoms with Crippen LogP contribution in [0.25, 0.3) is 10.9 Å². The van der Waals surface area contributed by atoms with Crippen molar-refractivity contribution in [3.63, 3.8) is 0 Å². The molecule has 124 valence electrons. The zero-order valence-corrected chi connectivity index (χ0v) is 14.2. The number of rotatable bonds is 6. The highest BCUT2D eigenvalue weighted by Crippen LogP contribution is 2.20. The van der Waals surface area contributed by atoms with Gasteiger partial charge in [-0.25, -0.2) is 0 Å². The Balaban J connectivity index is 1.79. The van der Waals surface area contributed by atoms with Crippen LogP contribution in [-0.4, -0.2) is 21.1 Å². The average molecular weight is 342 g/mol. The second kappa shape index (κ2) is 7.35. The largest absolute Gasteiger partial charge is 0.322 e. The molecule has 0 saturated carbocycles. The van der Waals surface area contributed by atoms with Gasteiger partial charge < -0.3 is 4.98 Å². The Kier molecular flexibility index (Phi) is 5.00. The Labute approximate surface area is 143 Å². The molecule has 0 spiro atoms. The lowest BCUT2D eigenvalue weighted by Gasteiger charge is -2.05. The van der Waals surface area contributed by atoms with Gasteiger partial charge in [-0.1, -0.05) is 49.3 Å². The smallest absolute Gasteiger partial charge is 0.258 e. The van der Waals surface area contributed by atoms with Crippen molar-refractivity contribution in [3.8, 4) is 0 Å². The number of nitrogens with zero attached hydrogens (tertiary/aromatic N) is 2. The molecule has 2 heterocycles. The maximum absolute atomic E-state index is 12.5. The fourth-order valence-corrected chi connectivity index (χ4v) is 3.26. The monoisotopic (exact) mass is 342 g/mol. The van der Waals surface area contributed by atoms with Crippen LogP contribution in [0, 0.1) is 0 Å². The number of para-hydroxylation sites is 1. The van der Waals surface area contributed by atoms with Crippen molar-refractivity contribution in [1.82, 2.24) is 15.2 Å². The number of benzene rings is 1. The minimum absolute atomic E-state index is 0.309. The summed E-state index contributed by atoms with van der Waals surface area (Å²) in [7, 11) is 0. The normalized spacial score (nSPS) is 10.9. The Morgan fingerprint density at radius 2 is 2.08 bits per heavy atom. The van der Waals surface area contributed by atoms with Crippen molar-refractivity contribution in [2.75, 3.05) is 5.32 Å². The molecule has 3 rings (SSSR count). The number of carbonyl (C=O) groups is 1. The minimum Gasteiger partial charge on any atom is -0.322 e. The second-order valence-corrected chi connectivity index (χ2v) is 6.57. The Morgan fingerprint density at radius 1 is 1.25 bits per heavy atom. The molecule has 7 heteroatoms. The molecule has 2 aromatic heterocycles. The number of carbonyl (C=O) groups excluding carboxylic acids is 1. The molecule has 1 aromatic carbocycles. The molecule has 0 unspecified atom stereocenters. The van der Waals surface area contributed by atoms with Crippen molar-refractivity contribution in [1.29, 1.82) is 0 Å².